The molecule has 1 N–H and O–H groups in total. The molecule has 3 rings (SSSR count). The Bertz CT molecular complexity index is 674. The number of carbonyl (C=O) groups is 1. The van der Waals surface area contributed by atoms with Gasteiger partial charge in [-0.15, -0.1) is 0 Å². The first-order valence-electron chi connectivity index (χ1n) is 5.42. The maximum atomic E-state index is 11.9. The van der Waals surface area contributed by atoms with Gasteiger partial charge in [-0.1, -0.05) is 0 Å². The Morgan fingerprint density at radius 2 is 2.39 bits per heavy atom. The number of hydrogen-bond acceptors (Lipinski definition) is 4. The molecule has 0 aromatic carbocycles. The molecule has 0 fully saturated rings. The molecule has 0 bridgehead atoms. The van der Waals surface area contributed by atoms with Crippen molar-refractivity contribution < 1.29 is 4.79 Å². The Kier molecular flexibility index (Phi) is 2.77. The first-order valence-corrected chi connectivity index (χ1v) is 6.36. The first kappa shape index (κ1) is 10.9. The van der Waals surface area contributed by atoms with Gasteiger partial charge in [0.1, 0.15) is 6.33 Å². The lowest BCUT2D eigenvalue weighted by molar-refractivity contribution is -0.115. The van der Waals surface area contributed by atoms with E-state index in [1.807, 2.05) is 29.0 Å². The standard InChI is InChI=1S/C12H10N4OS/c17-11(6-9-3-5-18-7-9)15-10-2-1-4-16-12(10)13-8-14-16/h1-5,7-8H,6H2,(H,15,17). The number of pyridine rings is 1. The summed E-state index contributed by atoms with van der Waals surface area (Å²) in [6, 6.07) is 5.58. The van der Waals surface area contributed by atoms with Crippen molar-refractivity contribution in [2.75, 3.05) is 5.32 Å². The summed E-state index contributed by atoms with van der Waals surface area (Å²) >= 11 is 1.59. The highest BCUT2D eigenvalue weighted by molar-refractivity contribution is 7.08. The summed E-state index contributed by atoms with van der Waals surface area (Å²) in [4.78, 5) is 16.0. The lowest BCUT2D eigenvalue weighted by Crippen LogP contribution is -2.14. The van der Waals surface area contributed by atoms with E-state index in [2.05, 4.69) is 15.4 Å². The lowest BCUT2D eigenvalue weighted by Gasteiger charge is -2.05. The highest BCUT2D eigenvalue weighted by Gasteiger charge is 2.08. The maximum absolute atomic E-state index is 11.9. The normalized spacial score (nSPS) is 10.7. The number of thiophene rings is 1. The van der Waals surface area contributed by atoms with Crippen molar-refractivity contribution in [2.45, 2.75) is 6.42 Å². The number of carbonyl (C=O) groups excluding carboxylic acids is 1. The van der Waals surface area contributed by atoms with Gasteiger partial charge in [0, 0.05) is 6.20 Å². The third-order valence-electron chi connectivity index (χ3n) is 2.52. The molecule has 3 aromatic heterocycles. The van der Waals surface area contributed by atoms with Crippen molar-refractivity contribution in [1.82, 2.24) is 14.6 Å². The maximum Gasteiger partial charge on any atom is 0.228 e. The van der Waals surface area contributed by atoms with Crippen LogP contribution in [0.5, 0.6) is 0 Å². The third kappa shape index (κ3) is 2.10. The Morgan fingerprint density at radius 1 is 1.44 bits per heavy atom. The summed E-state index contributed by atoms with van der Waals surface area (Å²) in [6.45, 7) is 0. The predicted octanol–water partition coefficient (Wildman–Crippen LogP) is 1.97. The molecular weight excluding hydrogens is 248 g/mol. The smallest absolute Gasteiger partial charge is 0.228 e. The van der Waals surface area contributed by atoms with Crippen LogP contribution in [0.4, 0.5) is 5.69 Å². The molecule has 0 saturated heterocycles. The molecule has 3 heterocycles. The zero-order chi connectivity index (χ0) is 12.4. The third-order valence-corrected chi connectivity index (χ3v) is 3.26. The van der Waals surface area contributed by atoms with Gasteiger partial charge >= 0.3 is 0 Å². The molecule has 1 amide bonds. The molecule has 0 aliphatic carbocycles. The van der Waals surface area contributed by atoms with Crippen molar-refractivity contribution in [3.05, 3.63) is 47.0 Å². The van der Waals surface area contributed by atoms with Crippen LogP contribution in [-0.2, 0) is 11.2 Å². The van der Waals surface area contributed by atoms with Crippen LogP contribution in [0.1, 0.15) is 5.56 Å². The summed E-state index contributed by atoms with van der Waals surface area (Å²) < 4.78 is 1.63. The monoisotopic (exact) mass is 258 g/mol. The molecule has 0 aliphatic rings. The van der Waals surface area contributed by atoms with Crippen LogP contribution in [0.25, 0.3) is 5.65 Å². The molecule has 90 valence electrons. The van der Waals surface area contributed by atoms with Crippen LogP contribution >= 0.6 is 11.3 Å². The van der Waals surface area contributed by atoms with Crippen LogP contribution in [0.3, 0.4) is 0 Å². The summed E-state index contributed by atoms with van der Waals surface area (Å²) in [5.41, 5.74) is 2.34. The molecule has 3 aromatic rings. The number of nitrogens with zero attached hydrogens (tertiary/aromatic N) is 3. The number of nitrogens with one attached hydrogen (secondary N) is 1. The zero-order valence-corrected chi connectivity index (χ0v) is 10.2. The second-order valence-corrected chi connectivity index (χ2v) is 4.59. The highest BCUT2D eigenvalue weighted by atomic mass is 32.1. The SMILES string of the molecule is O=C(Cc1ccsc1)Nc1cccn2ncnc12. The Hall–Kier alpha value is -2.21. The minimum atomic E-state index is -0.0514. The summed E-state index contributed by atoms with van der Waals surface area (Å²) in [6.07, 6.45) is 3.62. The number of hydrogen-bond donors (Lipinski definition) is 1. The van der Waals surface area contributed by atoms with Crippen molar-refractivity contribution in [2.24, 2.45) is 0 Å². The van der Waals surface area contributed by atoms with Crippen molar-refractivity contribution in [3.8, 4) is 0 Å². The molecule has 0 atom stereocenters. The zero-order valence-electron chi connectivity index (χ0n) is 9.41. The van der Waals surface area contributed by atoms with E-state index >= 15 is 0 Å². The van der Waals surface area contributed by atoms with Crippen LogP contribution in [0, 0.1) is 0 Å². The highest BCUT2D eigenvalue weighted by Crippen LogP contribution is 2.14. The van der Waals surface area contributed by atoms with Crippen LogP contribution in [0.2, 0.25) is 0 Å². The summed E-state index contributed by atoms with van der Waals surface area (Å²) in [5, 5.41) is 10.8. The van der Waals surface area contributed by atoms with Gasteiger partial charge < -0.3 is 5.32 Å². The fourth-order valence-corrected chi connectivity index (χ4v) is 2.39. The van der Waals surface area contributed by atoms with Crippen molar-refractivity contribution >= 4 is 28.6 Å². The number of rotatable bonds is 3. The van der Waals surface area contributed by atoms with Gasteiger partial charge in [0.25, 0.3) is 0 Å². The number of fused-ring (bicyclic) bond motifs is 1. The first-order chi connectivity index (χ1) is 8.83. The number of amides is 1. The fourth-order valence-electron chi connectivity index (χ4n) is 1.72. The second kappa shape index (κ2) is 4.58. The van der Waals surface area contributed by atoms with E-state index in [0.717, 1.165) is 5.56 Å². The van der Waals surface area contributed by atoms with E-state index in [4.69, 9.17) is 0 Å². The number of aromatic nitrogens is 3. The van der Waals surface area contributed by atoms with Gasteiger partial charge in [-0.05, 0) is 34.5 Å². The molecule has 5 nitrogen and oxygen atoms in total. The van der Waals surface area contributed by atoms with E-state index in [1.54, 1.807) is 22.0 Å². The van der Waals surface area contributed by atoms with Gasteiger partial charge in [0.2, 0.25) is 5.91 Å². The summed E-state index contributed by atoms with van der Waals surface area (Å²) in [5.74, 6) is -0.0514. The molecule has 18 heavy (non-hydrogen) atoms. The molecule has 6 heteroatoms. The van der Waals surface area contributed by atoms with E-state index in [1.165, 1.54) is 6.33 Å². The predicted molar refractivity (Wildman–Crippen MR) is 69.6 cm³/mol. The fraction of sp³-hybridized carbons (Fsp3) is 0.0833. The van der Waals surface area contributed by atoms with Gasteiger partial charge in [-0.25, -0.2) is 9.50 Å². The average molecular weight is 258 g/mol. The Balaban J connectivity index is 1.80. The number of anilines is 1. The molecule has 0 unspecified atom stereocenters. The van der Waals surface area contributed by atoms with Crippen LogP contribution < -0.4 is 5.32 Å². The van der Waals surface area contributed by atoms with Gasteiger partial charge in [-0.2, -0.15) is 16.4 Å². The molecule has 0 spiro atoms. The van der Waals surface area contributed by atoms with E-state index in [9.17, 15) is 4.79 Å². The van der Waals surface area contributed by atoms with E-state index < -0.39 is 0 Å². The van der Waals surface area contributed by atoms with E-state index in [0.29, 0.717) is 17.8 Å². The molecule has 0 aliphatic heterocycles. The largest absolute Gasteiger partial charge is 0.323 e. The minimum Gasteiger partial charge on any atom is -0.323 e. The second-order valence-electron chi connectivity index (χ2n) is 3.81. The minimum absolute atomic E-state index is 0.0514. The van der Waals surface area contributed by atoms with Gasteiger partial charge in [-0.3, -0.25) is 4.79 Å². The topological polar surface area (TPSA) is 59.3 Å². The molecule has 0 saturated carbocycles. The van der Waals surface area contributed by atoms with Crippen LogP contribution in [0.15, 0.2) is 41.5 Å². The Labute approximate surface area is 107 Å². The lowest BCUT2D eigenvalue weighted by atomic mass is 10.2. The quantitative estimate of drug-likeness (QED) is 0.781. The van der Waals surface area contributed by atoms with Gasteiger partial charge in [0.15, 0.2) is 5.65 Å². The average Bonchev–Trinajstić information content (AvgIpc) is 2.99. The van der Waals surface area contributed by atoms with Crippen molar-refractivity contribution in [1.29, 1.82) is 0 Å². The van der Waals surface area contributed by atoms with Gasteiger partial charge in [0.05, 0.1) is 12.1 Å². The molecule has 0 radical (unpaired) electrons. The van der Waals surface area contributed by atoms with Crippen molar-refractivity contribution in [3.63, 3.8) is 0 Å². The molecular formula is C12H10N4OS. The summed E-state index contributed by atoms with van der Waals surface area (Å²) in [7, 11) is 0. The van der Waals surface area contributed by atoms with Crippen LogP contribution in [-0.4, -0.2) is 20.5 Å². The Morgan fingerprint density at radius 3 is 3.22 bits per heavy atom. The van der Waals surface area contributed by atoms with E-state index in [-0.39, 0.29) is 5.91 Å².